The lowest BCUT2D eigenvalue weighted by molar-refractivity contribution is -0.143. The van der Waals surface area contributed by atoms with E-state index in [0.29, 0.717) is 25.8 Å². The lowest BCUT2D eigenvalue weighted by atomic mass is 10.1. The Morgan fingerprint density at radius 3 is 1.86 bits per heavy atom. The van der Waals surface area contributed by atoms with Crippen molar-refractivity contribution in [2.24, 2.45) is 0 Å². The quantitative estimate of drug-likeness (QED) is 0.0256. The van der Waals surface area contributed by atoms with Gasteiger partial charge in [-0.05, 0) is 25.7 Å². The summed E-state index contributed by atoms with van der Waals surface area (Å²) < 4.78 is 42.1. The van der Waals surface area contributed by atoms with E-state index in [2.05, 4.69) is 21.3 Å². The van der Waals surface area contributed by atoms with Crippen LogP contribution in [0.3, 0.4) is 0 Å². The molecule has 0 aromatic rings. The topological polar surface area (TPSA) is 342 Å². The summed E-state index contributed by atoms with van der Waals surface area (Å²) in [4.78, 5) is 93.4. The fourth-order valence-corrected chi connectivity index (χ4v) is 4.44. The van der Waals surface area contributed by atoms with E-state index in [4.69, 9.17) is 19.1 Å². The molecule has 22 nitrogen and oxygen atoms in total. The third-order valence-corrected chi connectivity index (χ3v) is 6.99. The predicted octanol–water partition coefficient (Wildman–Crippen LogP) is -4.20. The molecule has 0 spiro atoms. The number of hydrogen-bond donors (Lipinski definition) is 10. The van der Waals surface area contributed by atoms with Gasteiger partial charge in [-0.3, -0.25) is 38.6 Å². The number of nitrogens with one attached hydrogen (secondary N) is 6. The highest BCUT2D eigenvalue weighted by atomic mass is 32.2. The maximum Gasteiger partial charge on any atom is 0.326 e. The van der Waals surface area contributed by atoms with Gasteiger partial charge in [0, 0.05) is 25.9 Å². The molecule has 0 aliphatic rings. The maximum absolute atomic E-state index is 12.5. The molecule has 0 aromatic carbocycles. The van der Waals surface area contributed by atoms with Crippen molar-refractivity contribution >= 4 is 57.6 Å². The molecule has 0 fully saturated rings. The number of carboxylic acid groups (broad SMARTS) is 3. The molecule has 0 saturated heterocycles. The third kappa shape index (κ3) is 24.7. The first-order chi connectivity index (χ1) is 23.4. The van der Waals surface area contributed by atoms with E-state index in [9.17, 15) is 57.0 Å². The summed E-state index contributed by atoms with van der Waals surface area (Å²) in [5.41, 5.74) is 0. The molecular formula is C27H46N6O16S. The molecule has 50 heavy (non-hydrogen) atoms. The van der Waals surface area contributed by atoms with Gasteiger partial charge in [0.05, 0.1) is 32.9 Å². The van der Waals surface area contributed by atoms with Crippen molar-refractivity contribution in [2.45, 2.75) is 63.6 Å². The van der Waals surface area contributed by atoms with Gasteiger partial charge in [0.2, 0.25) is 29.5 Å². The van der Waals surface area contributed by atoms with Crippen LogP contribution in [0.15, 0.2) is 0 Å². The van der Waals surface area contributed by atoms with Gasteiger partial charge in [-0.15, -0.1) is 0 Å². The lowest BCUT2D eigenvalue weighted by Crippen LogP contribution is -2.55. The highest BCUT2D eigenvalue weighted by molar-refractivity contribution is 7.85. The van der Waals surface area contributed by atoms with Gasteiger partial charge in [-0.1, -0.05) is 6.92 Å². The summed E-state index contributed by atoms with van der Waals surface area (Å²) in [6, 6.07) is -4.76. The van der Waals surface area contributed by atoms with Crippen molar-refractivity contribution in [2.75, 3.05) is 58.4 Å². The second-order valence-electron chi connectivity index (χ2n) is 10.5. The van der Waals surface area contributed by atoms with E-state index in [-0.39, 0.29) is 38.7 Å². The molecule has 286 valence electrons. The fourth-order valence-electron chi connectivity index (χ4n) is 3.78. The van der Waals surface area contributed by atoms with Crippen LogP contribution < -0.4 is 31.9 Å². The van der Waals surface area contributed by atoms with Crippen LogP contribution in [0.1, 0.15) is 45.4 Å². The zero-order valence-corrected chi connectivity index (χ0v) is 28.3. The van der Waals surface area contributed by atoms with Crippen LogP contribution in [0.2, 0.25) is 0 Å². The second kappa shape index (κ2) is 25.5. The van der Waals surface area contributed by atoms with Gasteiger partial charge < -0.3 is 51.4 Å². The second-order valence-corrected chi connectivity index (χ2v) is 12.0. The summed E-state index contributed by atoms with van der Waals surface area (Å²) >= 11 is 0. The zero-order valence-electron chi connectivity index (χ0n) is 27.4. The Kier molecular flexibility index (Phi) is 23.2. The Bertz CT molecular complexity index is 1260. The van der Waals surface area contributed by atoms with Crippen molar-refractivity contribution in [1.29, 1.82) is 0 Å². The number of carboxylic acids is 3. The molecule has 0 aliphatic heterocycles. The van der Waals surface area contributed by atoms with E-state index in [0.717, 1.165) is 0 Å². The Hall–Kier alpha value is -4.45. The Balaban J connectivity index is 4.43. The van der Waals surface area contributed by atoms with Gasteiger partial charge in [0.25, 0.3) is 10.1 Å². The first-order valence-electron chi connectivity index (χ1n) is 15.4. The summed E-state index contributed by atoms with van der Waals surface area (Å²) in [5, 5.41) is 40.9. The molecule has 23 heteroatoms. The minimum atomic E-state index is -4.84. The van der Waals surface area contributed by atoms with Crippen molar-refractivity contribution in [3.63, 3.8) is 0 Å². The highest BCUT2D eigenvalue weighted by Crippen LogP contribution is 2.03. The number of hydrogen-bond acceptors (Lipinski definition) is 13. The standard InChI is InChI=1S/C27H46N6O16S/c1-2-20(34)29-8-4-3-5-17(26(41)42)31-23(37)15-49-12-11-48-10-9-30-21(35)7-6-18(27(43)44)33-25(40)19(16-50(45,46)47)32-22(36)13-28-14-24(38)39/h17-19,28H,2-16H2,1H3,(H,29,34)(H,30,35)(H,31,37)(H,32,36)(H,33,40)(H,38,39)(H,41,42)(H,43,44)(H,45,46,47). The van der Waals surface area contributed by atoms with Crippen LogP contribution in [0.4, 0.5) is 0 Å². The number of carbonyl (C=O) groups excluding carboxylic acids is 5. The van der Waals surface area contributed by atoms with Gasteiger partial charge in [-0.25, -0.2) is 9.59 Å². The monoisotopic (exact) mass is 742 g/mol. The number of rotatable bonds is 29. The molecule has 0 aromatic heterocycles. The Morgan fingerprint density at radius 1 is 0.660 bits per heavy atom. The summed E-state index contributed by atoms with van der Waals surface area (Å²) in [7, 11) is -4.84. The van der Waals surface area contributed by atoms with Gasteiger partial charge in [-0.2, -0.15) is 8.42 Å². The van der Waals surface area contributed by atoms with E-state index in [1.54, 1.807) is 6.92 Å². The summed E-state index contributed by atoms with van der Waals surface area (Å²) in [5.74, 6) is -9.13. The van der Waals surface area contributed by atoms with E-state index < -0.39 is 108 Å². The maximum atomic E-state index is 12.5. The van der Waals surface area contributed by atoms with E-state index in [1.165, 1.54) is 0 Å². The minimum Gasteiger partial charge on any atom is -0.480 e. The van der Waals surface area contributed by atoms with Crippen LogP contribution in [0.5, 0.6) is 0 Å². The molecule has 0 bridgehead atoms. The fraction of sp³-hybridized carbons (Fsp3) is 0.704. The van der Waals surface area contributed by atoms with Crippen LogP contribution in [0.25, 0.3) is 0 Å². The SMILES string of the molecule is CCC(=O)NCCCCC(NC(=O)COCCOCCNC(=O)CCC(NC(=O)C(CS(=O)(=O)O)NC(=O)CNCC(=O)O)C(=O)O)C(=O)O. The number of ether oxygens (including phenoxy) is 2. The molecule has 0 radical (unpaired) electrons. The number of carbonyl (C=O) groups is 8. The number of amides is 5. The van der Waals surface area contributed by atoms with Crippen molar-refractivity contribution in [3.8, 4) is 0 Å². The first kappa shape index (κ1) is 45.6. The Labute approximate surface area is 287 Å². The van der Waals surface area contributed by atoms with Gasteiger partial charge in [0.15, 0.2) is 0 Å². The van der Waals surface area contributed by atoms with Crippen molar-refractivity contribution < 1.29 is 76.1 Å². The predicted molar refractivity (Wildman–Crippen MR) is 169 cm³/mol. The average Bonchev–Trinajstić information content (AvgIpc) is 3.01. The van der Waals surface area contributed by atoms with Crippen LogP contribution in [-0.4, -0.2) is 152 Å². The average molecular weight is 743 g/mol. The summed E-state index contributed by atoms with van der Waals surface area (Å²) in [6.45, 7) is 0.383. The zero-order chi connectivity index (χ0) is 38.1. The van der Waals surface area contributed by atoms with Crippen molar-refractivity contribution in [1.82, 2.24) is 31.9 Å². The molecule has 5 amide bonds. The summed E-state index contributed by atoms with van der Waals surface area (Å²) in [6.07, 6.45) is 0.662. The van der Waals surface area contributed by atoms with Gasteiger partial charge >= 0.3 is 17.9 Å². The van der Waals surface area contributed by atoms with Crippen LogP contribution in [-0.2, 0) is 57.9 Å². The number of unbranched alkanes of at least 4 members (excludes halogenated alkanes) is 1. The normalized spacial score (nSPS) is 12.8. The molecule has 0 aliphatic carbocycles. The van der Waals surface area contributed by atoms with E-state index >= 15 is 0 Å². The lowest BCUT2D eigenvalue weighted by Gasteiger charge is -2.20. The smallest absolute Gasteiger partial charge is 0.326 e. The van der Waals surface area contributed by atoms with Gasteiger partial charge in [0.1, 0.15) is 30.5 Å². The third-order valence-electron chi connectivity index (χ3n) is 6.24. The van der Waals surface area contributed by atoms with Crippen LogP contribution in [0, 0.1) is 0 Å². The highest BCUT2D eigenvalue weighted by Gasteiger charge is 2.30. The van der Waals surface area contributed by atoms with E-state index in [1.807, 2.05) is 10.6 Å². The molecule has 0 saturated carbocycles. The Morgan fingerprint density at radius 2 is 1.26 bits per heavy atom. The molecular weight excluding hydrogens is 696 g/mol. The molecule has 0 heterocycles. The molecule has 10 N–H and O–H groups in total. The van der Waals surface area contributed by atoms with Crippen molar-refractivity contribution in [3.05, 3.63) is 0 Å². The number of aliphatic carboxylic acids is 3. The molecule has 3 unspecified atom stereocenters. The molecule has 0 rings (SSSR count). The largest absolute Gasteiger partial charge is 0.480 e. The molecule has 3 atom stereocenters. The van der Waals surface area contributed by atoms with Crippen LogP contribution >= 0.6 is 0 Å². The minimum absolute atomic E-state index is 0.00146. The first-order valence-corrected chi connectivity index (χ1v) is 17.0.